The number of halogens is 1. The van der Waals surface area contributed by atoms with Gasteiger partial charge in [-0.2, -0.15) is 13.5 Å². The van der Waals surface area contributed by atoms with E-state index in [0.717, 1.165) is 0 Å². The number of carbonyl (C=O) groups excluding carboxylic acids is 3. The van der Waals surface area contributed by atoms with Gasteiger partial charge < -0.3 is 24.8 Å². The molecule has 0 spiro atoms. The third-order valence-electron chi connectivity index (χ3n) is 6.01. The molecule has 3 aliphatic heterocycles. The zero-order valence-electron chi connectivity index (χ0n) is 20.9. The molecule has 0 unspecified atom stereocenters. The van der Waals surface area contributed by atoms with Crippen LogP contribution in [0.5, 0.6) is 11.5 Å². The number of nitrogens with two attached hydrogens (primary N) is 1. The van der Waals surface area contributed by atoms with E-state index in [-0.39, 0.29) is 35.2 Å². The number of carbonyl (C=O) groups is 3. The fraction of sp³-hybridized carbons (Fsp3) is 0.591. The monoisotopic (exact) mass is 563 g/mol. The Morgan fingerprint density at radius 1 is 1.14 bits per heavy atom. The molecule has 0 saturated carbocycles. The molecule has 3 amide bonds. The van der Waals surface area contributed by atoms with Gasteiger partial charge >= 0.3 is 22.4 Å². The van der Waals surface area contributed by atoms with E-state index in [2.05, 4.69) is 0 Å². The highest BCUT2D eigenvalue weighted by atomic mass is 35.5. The van der Waals surface area contributed by atoms with Crippen LogP contribution in [0.25, 0.3) is 0 Å². The summed E-state index contributed by atoms with van der Waals surface area (Å²) in [7, 11) is -1.97. The first-order valence-electron chi connectivity index (χ1n) is 11.4. The molecule has 2 atom stereocenters. The molecule has 3 heterocycles. The van der Waals surface area contributed by atoms with Crippen molar-refractivity contribution in [3.8, 4) is 11.5 Å². The number of nitrogens with zero attached hydrogens (tertiary/aromatic N) is 2. The summed E-state index contributed by atoms with van der Waals surface area (Å²) in [5.41, 5.74) is 4.37. The van der Waals surface area contributed by atoms with E-state index in [4.69, 9.17) is 40.0 Å². The first kappa shape index (κ1) is 28.8. The number of benzene rings is 1. The number of amides is 3. The number of primary amides is 1. The predicted molar refractivity (Wildman–Crippen MR) is 129 cm³/mol. The van der Waals surface area contributed by atoms with E-state index in [0.29, 0.717) is 24.3 Å². The molecule has 1 aromatic carbocycles. The number of hydrogen-bond acceptors (Lipinski definition) is 10. The summed E-state index contributed by atoms with van der Waals surface area (Å²) in [6.45, 7) is 2.78. The number of methoxy groups -OCH3 is 2. The predicted octanol–water partition coefficient (Wildman–Crippen LogP) is 1.88. The van der Waals surface area contributed by atoms with Gasteiger partial charge in [-0.05, 0) is 31.4 Å². The number of hydroxylamine groups is 2. The Hall–Kier alpha value is -2.81. The van der Waals surface area contributed by atoms with Crippen LogP contribution in [0.15, 0.2) is 12.1 Å². The fourth-order valence-corrected chi connectivity index (χ4v) is 5.18. The molecular weight excluding hydrogens is 534 g/mol. The van der Waals surface area contributed by atoms with Crippen molar-refractivity contribution in [3.05, 3.63) is 22.7 Å². The second-order valence-corrected chi connectivity index (χ2v) is 11.0. The summed E-state index contributed by atoms with van der Waals surface area (Å²) in [6.07, 6.45) is 1.04. The first-order chi connectivity index (χ1) is 17.3. The largest absolute Gasteiger partial charge is 0.496 e. The highest BCUT2D eigenvalue weighted by Crippen LogP contribution is 2.36. The molecule has 0 aromatic heterocycles. The molecule has 3 saturated heterocycles. The number of rotatable bonds is 11. The normalized spacial score (nSPS) is 20.0. The average molecular weight is 564 g/mol. The molecule has 206 valence electrons. The number of hydrogen-bond donors (Lipinski definition) is 1. The van der Waals surface area contributed by atoms with E-state index >= 15 is 0 Å². The van der Waals surface area contributed by atoms with Crippen molar-refractivity contribution in [3.63, 3.8) is 0 Å². The maximum absolute atomic E-state index is 12.8. The van der Waals surface area contributed by atoms with E-state index in [1.807, 2.05) is 0 Å². The second kappa shape index (κ2) is 11.3. The minimum atomic E-state index is -4.68. The van der Waals surface area contributed by atoms with Gasteiger partial charge in [0.15, 0.2) is 5.75 Å². The molecule has 2 N–H and O–H groups in total. The summed E-state index contributed by atoms with van der Waals surface area (Å²) in [4.78, 5) is 38.4. The molecule has 13 nitrogen and oxygen atoms in total. The Morgan fingerprint density at radius 2 is 1.84 bits per heavy atom. The molecule has 0 aliphatic carbocycles. The van der Waals surface area contributed by atoms with Crippen LogP contribution in [0.3, 0.4) is 0 Å². The lowest BCUT2D eigenvalue weighted by Crippen LogP contribution is -2.56. The Morgan fingerprint density at radius 3 is 2.46 bits per heavy atom. The van der Waals surface area contributed by atoms with Gasteiger partial charge in [0.2, 0.25) is 5.91 Å². The standard InChI is InChI=1S/C22H30ClN3O10S/c1-22(2,11-34-20(28)17-16(32-3)8-6-14(23)18(17)33-4)12-35-37(30,31)36-26-13-5-7-15(19(24)27)25(10-9-13)21(26)29/h6,8,13,15H,5,7,9-12H2,1-4H3,(H2,24,27)/t13-,15+/m1/s1. The third kappa shape index (κ3) is 6.55. The lowest BCUT2D eigenvalue weighted by atomic mass is 9.96. The van der Waals surface area contributed by atoms with Gasteiger partial charge in [-0.25, -0.2) is 13.8 Å². The van der Waals surface area contributed by atoms with Gasteiger partial charge in [-0.1, -0.05) is 25.4 Å². The van der Waals surface area contributed by atoms with Crippen molar-refractivity contribution in [2.75, 3.05) is 34.0 Å². The molecule has 0 radical (unpaired) electrons. The Labute approximate surface area is 219 Å². The van der Waals surface area contributed by atoms with Crippen molar-refractivity contribution < 1.29 is 45.5 Å². The number of fused-ring (bicyclic) bond motifs is 4. The van der Waals surface area contributed by atoms with Crippen molar-refractivity contribution in [1.82, 2.24) is 9.96 Å². The maximum atomic E-state index is 12.8. The third-order valence-corrected chi connectivity index (χ3v) is 7.05. The highest BCUT2D eigenvalue weighted by Gasteiger charge is 2.45. The molecule has 37 heavy (non-hydrogen) atoms. The molecular formula is C22H30ClN3O10S. The number of esters is 1. The maximum Gasteiger partial charge on any atom is 0.421 e. The molecule has 15 heteroatoms. The SMILES string of the molecule is COc1ccc(Cl)c(OC)c1C(=O)OCC(C)(C)COS(=O)(=O)ON1C(=O)N2CC[C@H]1CC[C@H]2C(N)=O. The van der Waals surface area contributed by atoms with Crippen molar-refractivity contribution in [1.29, 1.82) is 0 Å². The lowest BCUT2D eigenvalue weighted by molar-refractivity contribution is -0.123. The Balaban J connectivity index is 1.62. The molecule has 2 bridgehead atoms. The molecule has 3 fully saturated rings. The zero-order valence-corrected chi connectivity index (χ0v) is 22.5. The summed E-state index contributed by atoms with van der Waals surface area (Å²) in [5, 5.41) is 0.892. The van der Waals surface area contributed by atoms with E-state index in [9.17, 15) is 22.8 Å². The Kier molecular flexibility index (Phi) is 8.78. The zero-order chi connectivity index (χ0) is 27.5. The van der Waals surface area contributed by atoms with E-state index < -0.39 is 52.4 Å². The summed E-state index contributed by atoms with van der Waals surface area (Å²) < 4.78 is 50.9. The molecule has 1 aromatic rings. The van der Waals surface area contributed by atoms with Gasteiger partial charge in [-0.15, -0.1) is 4.28 Å². The topological polar surface area (TPSA) is 164 Å². The van der Waals surface area contributed by atoms with E-state index in [1.54, 1.807) is 13.8 Å². The molecule has 3 aliphatic rings. The highest BCUT2D eigenvalue weighted by molar-refractivity contribution is 7.81. The van der Waals surface area contributed by atoms with Crippen molar-refractivity contribution >= 4 is 39.9 Å². The van der Waals surface area contributed by atoms with Crippen LogP contribution in [0, 0.1) is 5.41 Å². The summed E-state index contributed by atoms with van der Waals surface area (Å²) in [5.74, 6) is -1.21. The van der Waals surface area contributed by atoms with Crippen LogP contribution in [-0.2, 0) is 28.4 Å². The van der Waals surface area contributed by atoms with Gasteiger partial charge in [-0.3, -0.25) is 4.79 Å². The molecule has 4 rings (SSSR count). The van der Waals surface area contributed by atoms with Crippen LogP contribution in [0.1, 0.15) is 43.5 Å². The number of ether oxygens (including phenoxy) is 3. The summed E-state index contributed by atoms with van der Waals surface area (Å²) in [6, 6.07) is 0.828. The quantitative estimate of drug-likeness (QED) is 0.393. The first-order valence-corrected chi connectivity index (χ1v) is 13.1. The van der Waals surface area contributed by atoms with E-state index in [1.165, 1.54) is 31.3 Å². The van der Waals surface area contributed by atoms with Crippen LogP contribution in [0.2, 0.25) is 5.02 Å². The smallest absolute Gasteiger partial charge is 0.421 e. The minimum Gasteiger partial charge on any atom is -0.496 e. The Bertz CT molecular complexity index is 1160. The van der Waals surface area contributed by atoms with Gasteiger partial charge in [0.1, 0.15) is 17.4 Å². The van der Waals surface area contributed by atoms with Crippen LogP contribution < -0.4 is 15.2 Å². The minimum absolute atomic E-state index is 0.0239. The van der Waals surface area contributed by atoms with Crippen LogP contribution in [-0.4, -0.2) is 82.4 Å². The average Bonchev–Trinajstić information content (AvgIpc) is 3.13. The van der Waals surface area contributed by atoms with Crippen molar-refractivity contribution in [2.24, 2.45) is 11.1 Å². The van der Waals surface area contributed by atoms with Crippen LogP contribution in [0.4, 0.5) is 4.79 Å². The second-order valence-electron chi connectivity index (χ2n) is 9.38. The van der Waals surface area contributed by atoms with Gasteiger partial charge in [0.25, 0.3) is 0 Å². The number of urea groups is 1. The van der Waals surface area contributed by atoms with Crippen LogP contribution >= 0.6 is 11.6 Å². The lowest BCUT2D eigenvalue weighted by Gasteiger charge is -2.37. The van der Waals surface area contributed by atoms with Crippen molar-refractivity contribution in [2.45, 2.75) is 45.2 Å². The summed E-state index contributed by atoms with van der Waals surface area (Å²) >= 11 is 6.10. The fourth-order valence-electron chi connectivity index (χ4n) is 4.06. The van der Waals surface area contributed by atoms with Gasteiger partial charge in [0.05, 0.1) is 38.5 Å². The van der Waals surface area contributed by atoms with Gasteiger partial charge in [0, 0.05) is 12.0 Å².